The van der Waals surface area contributed by atoms with Gasteiger partial charge < -0.3 is 20.3 Å². The van der Waals surface area contributed by atoms with Gasteiger partial charge in [0, 0.05) is 52.0 Å². The van der Waals surface area contributed by atoms with Crippen molar-refractivity contribution >= 4 is 35.8 Å². The maximum Gasteiger partial charge on any atom is 0.253 e. The van der Waals surface area contributed by atoms with E-state index in [-0.39, 0.29) is 29.9 Å². The summed E-state index contributed by atoms with van der Waals surface area (Å²) in [7, 11) is 1.77. The van der Waals surface area contributed by atoms with E-state index in [9.17, 15) is 4.79 Å². The molecule has 1 aliphatic rings. The van der Waals surface area contributed by atoms with E-state index in [0.717, 1.165) is 69.2 Å². The van der Waals surface area contributed by atoms with Gasteiger partial charge in [-0.3, -0.25) is 9.79 Å². The molecule has 2 rings (SSSR count). The van der Waals surface area contributed by atoms with Crippen molar-refractivity contribution in [3.63, 3.8) is 0 Å². The normalized spacial score (nSPS) is 14.5. The fourth-order valence-electron chi connectivity index (χ4n) is 3.15. The predicted molar refractivity (Wildman–Crippen MR) is 130 cm³/mol. The molecular weight excluding hydrogens is 479 g/mol. The molecular formula is C22H37IN4O2. The first-order valence-electron chi connectivity index (χ1n) is 10.5. The van der Waals surface area contributed by atoms with Gasteiger partial charge in [0.2, 0.25) is 0 Å². The average molecular weight is 516 g/mol. The SMILES string of the molecule is CN=C(NCCCOCC(C)C)NCc1ccc(C(=O)N2CCCCC2)cc1.I. The van der Waals surface area contributed by atoms with Gasteiger partial charge in [-0.05, 0) is 49.3 Å². The second-order valence-electron chi connectivity index (χ2n) is 7.72. The topological polar surface area (TPSA) is 66.0 Å². The number of guanidine groups is 1. The van der Waals surface area contributed by atoms with Crippen LogP contribution in [0.15, 0.2) is 29.3 Å². The van der Waals surface area contributed by atoms with E-state index in [2.05, 4.69) is 29.5 Å². The van der Waals surface area contributed by atoms with Crippen LogP contribution in [-0.2, 0) is 11.3 Å². The van der Waals surface area contributed by atoms with Gasteiger partial charge in [-0.25, -0.2) is 0 Å². The Morgan fingerprint density at radius 2 is 1.83 bits per heavy atom. The fraction of sp³-hybridized carbons (Fsp3) is 0.636. The average Bonchev–Trinajstić information content (AvgIpc) is 2.73. The van der Waals surface area contributed by atoms with Crippen molar-refractivity contribution < 1.29 is 9.53 Å². The van der Waals surface area contributed by atoms with Crippen molar-refractivity contribution in [2.75, 3.05) is 39.9 Å². The van der Waals surface area contributed by atoms with Gasteiger partial charge in [0.25, 0.3) is 5.91 Å². The van der Waals surface area contributed by atoms with Crippen molar-refractivity contribution in [1.82, 2.24) is 15.5 Å². The molecule has 0 saturated carbocycles. The highest BCUT2D eigenvalue weighted by Crippen LogP contribution is 2.13. The van der Waals surface area contributed by atoms with Crippen LogP contribution in [-0.4, -0.2) is 56.7 Å². The Bertz CT molecular complexity index is 614. The van der Waals surface area contributed by atoms with Crippen LogP contribution in [0.2, 0.25) is 0 Å². The third kappa shape index (κ3) is 9.80. The molecule has 0 spiro atoms. The van der Waals surface area contributed by atoms with Gasteiger partial charge in [0.15, 0.2) is 5.96 Å². The lowest BCUT2D eigenvalue weighted by Gasteiger charge is -2.26. The Morgan fingerprint density at radius 1 is 1.14 bits per heavy atom. The number of piperidine rings is 1. The molecule has 0 radical (unpaired) electrons. The molecule has 1 aromatic carbocycles. The van der Waals surface area contributed by atoms with Crippen LogP contribution in [0, 0.1) is 5.92 Å². The first kappa shape index (κ1) is 25.7. The van der Waals surface area contributed by atoms with Crippen LogP contribution in [0.1, 0.15) is 55.5 Å². The first-order chi connectivity index (χ1) is 13.6. The lowest BCUT2D eigenvalue weighted by Crippen LogP contribution is -2.37. The highest BCUT2D eigenvalue weighted by atomic mass is 127. The fourth-order valence-corrected chi connectivity index (χ4v) is 3.15. The molecule has 1 aliphatic heterocycles. The van der Waals surface area contributed by atoms with Gasteiger partial charge in [0.05, 0.1) is 0 Å². The molecule has 1 saturated heterocycles. The summed E-state index contributed by atoms with van der Waals surface area (Å²) < 4.78 is 5.58. The number of halogens is 1. The number of likely N-dealkylation sites (tertiary alicyclic amines) is 1. The van der Waals surface area contributed by atoms with E-state index < -0.39 is 0 Å². The smallest absolute Gasteiger partial charge is 0.253 e. The summed E-state index contributed by atoms with van der Waals surface area (Å²) in [5.41, 5.74) is 1.90. The number of hydrogen-bond donors (Lipinski definition) is 2. The quantitative estimate of drug-likeness (QED) is 0.228. The summed E-state index contributed by atoms with van der Waals surface area (Å²) in [6, 6.07) is 7.88. The zero-order chi connectivity index (χ0) is 20.2. The van der Waals surface area contributed by atoms with E-state index in [1.54, 1.807) is 7.05 Å². The van der Waals surface area contributed by atoms with Crippen molar-refractivity contribution in [3.8, 4) is 0 Å². The maximum atomic E-state index is 12.5. The minimum atomic E-state index is 0. The molecule has 0 atom stereocenters. The van der Waals surface area contributed by atoms with Crippen LogP contribution in [0.25, 0.3) is 0 Å². The lowest BCUT2D eigenvalue weighted by atomic mass is 10.1. The minimum absolute atomic E-state index is 0. The van der Waals surface area contributed by atoms with Crippen molar-refractivity contribution in [2.45, 2.75) is 46.1 Å². The van der Waals surface area contributed by atoms with Crippen LogP contribution in [0.3, 0.4) is 0 Å². The number of rotatable bonds is 9. The van der Waals surface area contributed by atoms with Crippen molar-refractivity contribution in [2.24, 2.45) is 10.9 Å². The molecule has 0 unspecified atom stereocenters. The number of aliphatic imine (C=N–C) groups is 1. The zero-order valence-electron chi connectivity index (χ0n) is 18.1. The van der Waals surface area contributed by atoms with Gasteiger partial charge in [-0.15, -0.1) is 24.0 Å². The van der Waals surface area contributed by atoms with Gasteiger partial charge in [-0.1, -0.05) is 26.0 Å². The molecule has 1 aromatic rings. The van der Waals surface area contributed by atoms with Gasteiger partial charge in [0.1, 0.15) is 0 Å². The number of carbonyl (C=O) groups is 1. The number of ether oxygens (including phenoxy) is 1. The first-order valence-corrected chi connectivity index (χ1v) is 10.5. The Balaban J connectivity index is 0.00000420. The number of amides is 1. The van der Waals surface area contributed by atoms with Crippen LogP contribution in [0.4, 0.5) is 0 Å². The Labute approximate surface area is 192 Å². The van der Waals surface area contributed by atoms with Crippen LogP contribution >= 0.6 is 24.0 Å². The zero-order valence-corrected chi connectivity index (χ0v) is 20.4. The molecule has 0 bridgehead atoms. The summed E-state index contributed by atoms with van der Waals surface area (Å²) in [6.45, 7) is 9.13. The molecule has 164 valence electrons. The number of nitrogens with zero attached hydrogens (tertiary/aromatic N) is 2. The molecule has 6 nitrogen and oxygen atoms in total. The van der Waals surface area contributed by atoms with Gasteiger partial charge >= 0.3 is 0 Å². The standard InChI is InChI=1S/C22H36N4O2.HI/c1-18(2)17-28-15-7-12-24-22(23-3)25-16-19-8-10-20(11-9-19)21(27)26-13-5-4-6-14-26;/h8-11,18H,4-7,12-17H2,1-3H3,(H2,23,24,25);1H. The summed E-state index contributed by atoms with van der Waals surface area (Å²) in [5.74, 6) is 1.50. The molecule has 2 N–H and O–H groups in total. The number of carbonyl (C=O) groups excluding carboxylic acids is 1. The maximum absolute atomic E-state index is 12.5. The summed E-state index contributed by atoms with van der Waals surface area (Å²) in [4.78, 5) is 18.7. The predicted octanol–water partition coefficient (Wildman–Crippen LogP) is 3.66. The Kier molecular flexibility index (Phi) is 12.9. The van der Waals surface area contributed by atoms with Crippen LogP contribution < -0.4 is 10.6 Å². The molecule has 7 heteroatoms. The van der Waals surface area contributed by atoms with E-state index in [1.807, 2.05) is 29.2 Å². The lowest BCUT2D eigenvalue weighted by molar-refractivity contribution is 0.0724. The molecule has 0 aromatic heterocycles. The number of hydrogen-bond acceptors (Lipinski definition) is 3. The second kappa shape index (κ2) is 14.6. The van der Waals surface area contributed by atoms with E-state index in [4.69, 9.17) is 4.74 Å². The number of benzene rings is 1. The molecule has 29 heavy (non-hydrogen) atoms. The summed E-state index contributed by atoms with van der Waals surface area (Å²) in [6.07, 6.45) is 4.41. The third-order valence-electron chi connectivity index (χ3n) is 4.74. The number of nitrogens with one attached hydrogen (secondary N) is 2. The van der Waals surface area contributed by atoms with Crippen LogP contribution in [0.5, 0.6) is 0 Å². The molecule has 1 fully saturated rings. The highest BCUT2D eigenvalue weighted by Gasteiger charge is 2.17. The summed E-state index contributed by atoms with van der Waals surface area (Å²) >= 11 is 0. The Morgan fingerprint density at radius 3 is 2.45 bits per heavy atom. The second-order valence-corrected chi connectivity index (χ2v) is 7.72. The van der Waals surface area contributed by atoms with E-state index in [0.29, 0.717) is 12.5 Å². The third-order valence-corrected chi connectivity index (χ3v) is 4.74. The molecule has 1 amide bonds. The monoisotopic (exact) mass is 516 g/mol. The van der Waals surface area contributed by atoms with Crippen molar-refractivity contribution in [1.29, 1.82) is 0 Å². The molecule has 0 aliphatic carbocycles. The Hall–Kier alpha value is -1.35. The summed E-state index contributed by atoms with van der Waals surface area (Å²) in [5, 5.41) is 6.61. The highest BCUT2D eigenvalue weighted by molar-refractivity contribution is 14.0. The molecule has 1 heterocycles. The minimum Gasteiger partial charge on any atom is -0.381 e. The van der Waals surface area contributed by atoms with E-state index >= 15 is 0 Å². The van der Waals surface area contributed by atoms with Gasteiger partial charge in [-0.2, -0.15) is 0 Å². The van der Waals surface area contributed by atoms with E-state index in [1.165, 1.54) is 6.42 Å². The van der Waals surface area contributed by atoms with Crippen molar-refractivity contribution in [3.05, 3.63) is 35.4 Å². The largest absolute Gasteiger partial charge is 0.381 e.